The van der Waals surface area contributed by atoms with Gasteiger partial charge in [0, 0.05) is 24.5 Å². The lowest BCUT2D eigenvalue weighted by molar-refractivity contribution is -0.125. The number of carbonyl (C=O) groups is 2. The number of amides is 2. The maximum Gasteiger partial charge on any atom is 0.231 e. The number of anilines is 2. The Kier molecular flexibility index (Phi) is 9.86. The summed E-state index contributed by atoms with van der Waals surface area (Å²) in [5, 5.41) is 2.96. The van der Waals surface area contributed by atoms with Gasteiger partial charge in [-0.05, 0) is 49.6 Å². The summed E-state index contributed by atoms with van der Waals surface area (Å²) in [4.78, 5) is 27.1. The molecule has 0 radical (unpaired) electrons. The second-order valence-electron chi connectivity index (χ2n) is 6.99. The molecular weight excluding hydrogens is 386 g/mol. The topological polar surface area (TPSA) is 75.4 Å². The molecule has 0 bridgehead atoms. The molecule has 158 valence electrons. The van der Waals surface area contributed by atoms with Crippen LogP contribution in [0.1, 0.15) is 39.2 Å². The lowest BCUT2D eigenvalue weighted by atomic mass is 9.81. The van der Waals surface area contributed by atoms with Gasteiger partial charge in [0.1, 0.15) is 0 Å². The molecule has 5 nitrogen and oxygen atoms in total. The number of nitrogens with zero attached hydrogens (tertiary/aromatic N) is 1. The number of rotatable bonds is 9. The standard InChI is InChI=1S/C23H31N3O2.ClH/c1-4-23(5-2,17-24)22(28)25-19-14-12-18(13-15-19)16-21(27)26(6-3)20-10-8-7-9-11-20;/h7-15H,4-6,16-17,24H2,1-3H3,(H,25,28);1H. The number of hydrogen-bond acceptors (Lipinski definition) is 3. The highest BCUT2D eigenvalue weighted by Crippen LogP contribution is 2.27. The molecule has 0 atom stereocenters. The predicted molar refractivity (Wildman–Crippen MR) is 123 cm³/mol. The second-order valence-corrected chi connectivity index (χ2v) is 6.99. The first-order valence-corrected chi connectivity index (χ1v) is 9.95. The Morgan fingerprint density at radius 2 is 1.55 bits per heavy atom. The van der Waals surface area contributed by atoms with Crippen molar-refractivity contribution in [2.75, 3.05) is 23.3 Å². The molecule has 0 fully saturated rings. The Labute approximate surface area is 180 Å². The zero-order valence-corrected chi connectivity index (χ0v) is 18.3. The minimum Gasteiger partial charge on any atom is -0.329 e. The van der Waals surface area contributed by atoms with Gasteiger partial charge in [-0.1, -0.05) is 44.2 Å². The minimum atomic E-state index is -0.536. The number of halogens is 1. The van der Waals surface area contributed by atoms with Crippen LogP contribution in [0.25, 0.3) is 0 Å². The van der Waals surface area contributed by atoms with Gasteiger partial charge < -0.3 is 16.0 Å². The molecule has 0 saturated carbocycles. The Balaban J connectivity index is 0.00000420. The molecule has 0 unspecified atom stereocenters. The van der Waals surface area contributed by atoms with E-state index in [2.05, 4.69) is 5.32 Å². The molecular formula is C23H32ClN3O2. The van der Waals surface area contributed by atoms with Gasteiger partial charge in [0.25, 0.3) is 0 Å². The summed E-state index contributed by atoms with van der Waals surface area (Å²) >= 11 is 0. The number of para-hydroxylation sites is 1. The van der Waals surface area contributed by atoms with Crippen molar-refractivity contribution >= 4 is 35.6 Å². The zero-order valence-electron chi connectivity index (χ0n) is 17.5. The predicted octanol–water partition coefficient (Wildman–Crippen LogP) is 4.41. The van der Waals surface area contributed by atoms with Crippen molar-refractivity contribution in [2.24, 2.45) is 11.1 Å². The third-order valence-electron chi connectivity index (χ3n) is 5.48. The van der Waals surface area contributed by atoms with Gasteiger partial charge in [0.2, 0.25) is 11.8 Å². The van der Waals surface area contributed by atoms with Crippen LogP contribution in [0.4, 0.5) is 11.4 Å². The summed E-state index contributed by atoms with van der Waals surface area (Å²) < 4.78 is 0. The van der Waals surface area contributed by atoms with Crippen LogP contribution >= 0.6 is 12.4 Å². The van der Waals surface area contributed by atoms with E-state index in [1.165, 1.54) is 0 Å². The molecule has 0 heterocycles. The molecule has 2 rings (SSSR count). The monoisotopic (exact) mass is 417 g/mol. The van der Waals surface area contributed by atoms with Crippen molar-refractivity contribution in [2.45, 2.75) is 40.0 Å². The first-order valence-electron chi connectivity index (χ1n) is 9.95. The van der Waals surface area contributed by atoms with Crippen molar-refractivity contribution in [3.8, 4) is 0 Å². The summed E-state index contributed by atoms with van der Waals surface area (Å²) in [5.41, 5.74) is 7.84. The molecule has 0 aliphatic heterocycles. The van der Waals surface area contributed by atoms with Gasteiger partial charge in [0.15, 0.2) is 0 Å². The van der Waals surface area contributed by atoms with E-state index in [4.69, 9.17) is 5.73 Å². The molecule has 0 aliphatic rings. The van der Waals surface area contributed by atoms with Gasteiger partial charge >= 0.3 is 0 Å². The van der Waals surface area contributed by atoms with E-state index in [1.807, 2.05) is 75.4 Å². The van der Waals surface area contributed by atoms with Crippen molar-refractivity contribution < 1.29 is 9.59 Å². The van der Waals surface area contributed by atoms with E-state index in [9.17, 15) is 9.59 Å². The van der Waals surface area contributed by atoms with E-state index >= 15 is 0 Å². The molecule has 2 amide bonds. The zero-order chi connectivity index (χ0) is 20.6. The summed E-state index contributed by atoms with van der Waals surface area (Å²) in [6.07, 6.45) is 1.71. The quantitative estimate of drug-likeness (QED) is 0.634. The lowest BCUT2D eigenvalue weighted by Gasteiger charge is -2.28. The third-order valence-corrected chi connectivity index (χ3v) is 5.48. The fraction of sp³-hybridized carbons (Fsp3) is 0.391. The van der Waals surface area contributed by atoms with Crippen LogP contribution in [0, 0.1) is 5.41 Å². The van der Waals surface area contributed by atoms with E-state index in [1.54, 1.807) is 4.90 Å². The van der Waals surface area contributed by atoms with Crippen LogP contribution in [0.15, 0.2) is 54.6 Å². The SMILES string of the molecule is CCN(C(=O)Cc1ccc(NC(=O)C(CC)(CC)CN)cc1)c1ccccc1.Cl. The van der Waals surface area contributed by atoms with Crippen LogP contribution in [-0.2, 0) is 16.0 Å². The van der Waals surface area contributed by atoms with Crippen LogP contribution in [-0.4, -0.2) is 24.9 Å². The van der Waals surface area contributed by atoms with Crippen LogP contribution in [0.2, 0.25) is 0 Å². The van der Waals surface area contributed by atoms with Crippen LogP contribution in [0.3, 0.4) is 0 Å². The van der Waals surface area contributed by atoms with Gasteiger partial charge in [0.05, 0.1) is 11.8 Å². The van der Waals surface area contributed by atoms with Crippen LogP contribution in [0.5, 0.6) is 0 Å². The van der Waals surface area contributed by atoms with E-state index in [-0.39, 0.29) is 24.2 Å². The Hall–Kier alpha value is -2.37. The molecule has 6 heteroatoms. The molecule has 0 aromatic heterocycles. The number of hydrogen-bond donors (Lipinski definition) is 2. The lowest BCUT2D eigenvalue weighted by Crippen LogP contribution is -2.41. The van der Waals surface area contributed by atoms with Gasteiger partial charge in [-0.3, -0.25) is 9.59 Å². The van der Waals surface area contributed by atoms with Gasteiger partial charge in [-0.15, -0.1) is 12.4 Å². The third kappa shape index (κ3) is 6.05. The van der Waals surface area contributed by atoms with E-state index < -0.39 is 5.41 Å². The van der Waals surface area contributed by atoms with Crippen molar-refractivity contribution in [1.82, 2.24) is 0 Å². The van der Waals surface area contributed by atoms with Crippen LogP contribution < -0.4 is 16.0 Å². The normalized spacial score (nSPS) is 10.8. The highest BCUT2D eigenvalue weighted by Gasteiger charge is 2.33. The molecule has 3 N–H and O–H groups in total. The summed E-state index contributed by atoms with van der Waals surface area (Å²) in [6.45, 7) is 6.87. The number of nitrogens with two attached hydrogens (primary N) is 1. The first kappa shape index (κ1) is 24.7. The molecule has 2 aromatic carbocycles. The summed E-state index contributed by atoms with van der Waals surface area (Å²) in [5.74, 6) is -0.00494. The number of carbonyl (C=O) groups excluding carboxylic acids is 2. The smallest absolute Gasteiger partial charge is 0.231 e. The fourth-order valence-electron chi connectivity index (χ4n) is 3.30. The highest BCUT2D eigenvalue weighted by atomic mass is 35.5. The summed E-state index contributed by atoms with van der Waals surface area (Å²) in [7, 11) is 0. The van der Waals surface area contributed by atoms with Crippen molar-refractivity contribution in [3.63, 3.8) is 0 Å². The molecule has 2 aromatic rings. The van der Waals surface area contributed by atoms with Crippen molar-refractivity contribution in [1.29, 1.82) is 0 Å². The maximum atomic E-state index is 12.7. The second kappa shape index (κ2) is 11.6. The molecule has 0 spiro atoms. The minimum absolute atomic E-state index is 0. The number of likely N-dealkylation sites (N-methyl/N-ethyl adjacent to an activating group) is 1. The average molecular weight is 418 g/mol. The Morgan fingerprint density at radius 3 is 2.03 bits per heavy atom. The number of nitrogens with one attached hydrogen (secondary N) is 1. The first-order chi connectivity index (χ1) is 13.5. The maximum absolute atomic E-state index is 12.7. The molecule has 29 heavy (non-hydrogen) atoms. The average Bonchev–Trinajstić information content (AvgIpc) is 2.72. The largest absolute Gasteiger partial charge is 0.329 e. The Bertz CT molecular complexity index is 766. The number of benzene rings is 2. The van der Waals surface area contributed by atoms with E-state index in [0.717, 1.165) is 16.9 Å². The molecule has 0 aliphatic carbocycles. The fourth-order valence-corrected chi connectivity index (χ4v) is 3.30. The van der Waals surface area contributed by atoms with Gasteiger partial charge in [-0.25, -0.2) is 0 Å². The summed E-state index contributed by atoms with van der Waals surface area (Å²) in [6, 6.07) is 17.1. The highest BCUT2D eigenvalue weighted by molar-refractivity contribution is 5.96. The molecule has 0 saturated heterocycles. The Morgan fingerprint density at radius 1 is 0.966 bits per heavy atom. The van der Waals surface area contributed by atoms with Crippen molar-refractivity contribution in [3.05, 3.63) is 60.2 Å². The van der Waals surface area contributed by atoms with E-state index in [0.29, 0.717) is 32.4 Å². The van der Waals surface area contributed by atoms with Gasteiger partial charge in [-0.2, -0.15) is 0 Å².